The lowest BCUT2D eigenvalue weighted by molar-refractivity contribution is 0.601. The highest BCUT2D eigenvalue weighted by Crippen LogP contribution is 2.11. The van der Waals surface area contributed by atoms with E-state index in [-0.39, 0.29) is 12.3 Å². The molecular formula is C10H16N2O2S. The molecule has 1 aromatic rings. The number of nitrogens with two attached hydrogens (primary N) is 1. The van der Waals surface area contributed by atoms with Crippen LogP contribution in [0.15, 0.2) is 24.3 Å². The Hall–Kier alpha value is -1.07. The maximum Gasteiger partial charge on any atom is 0.233 e. The molecule has 1 rings (SSSR count). The summed E-state index contributed by atoms with van der Waals surface area (Å²) in [5.41, 5.74) is 6.96. The summed E-state index contributed by atoms with van der Waals surface area (Å²) in [5.74, 6) is -0.0530. The lowest BCUT2D eigenvalue weighted by Gasteiger charge is -2.07. The lowest BCUT2D eigenvalue weighted by atomic mass is 10.2. The molecule has 1 aromatic carbocycles. The molecule has 0 heterocycles. The summed E-state index contributed by atoms with van der Waals surface area (Å²) in [6.07, 6.45) is 0.940. The molecule has 0 aromatic heterocycles. The third-order valence-electron chi connectivity index (χ3n) is 2.02. The topological polar surface area (TPSA) is 72.2 Å². The van der Waals surface area contributed by atoms with Crippen molar-refractivity contribution in [2.75, 3.05) is 17.0 Å². The van der Waals surface area contributed by atoms with Crippen molar-refractivity contribution in [3.05, 3.63) is 29.8 Å². The second kappa shape index (κ2) is 5.14. The van der Waals surface area contributed by atoms with Crippen molar-refractivity contribution in [3.8, 4) is 0 Å². The molecule has 0 spiro atoms. The molecular weight excluding hydrogens is 212 g/mol. The van der Waals surface area contributed by atoms with Gasteiger partial charge in [0.05, 0.1) is 5.75 Å². The van der Waals surface area contributed by atoms with Gasteiger partial charge < -0.3 is 5.73 Å². The maximum absolute atomic E-state index is 11.4. The molecule has 0 unspecified atom stereocenters. The predicted octanol–water partition coefficient (Wildman–Crippen LogP) is 0.949. The number of sulfonamides is 1. The van der Waals surface area contributed by atoms with E-state index in [9.17, 15) is 8.42 Å². The van der Waals surface area contributed by atoms with Gasteiger partial charge in [-0.25, -0.2) is 8.42 Å². The lowest BCUT2D eigenvalue weighted by Crippen LogP contribution is -2.22. The van der Waals surface area contributed by atoms with Crippen LogP contribution in [0.3, 0.4) is 0 Å². The summed E-state index contributed by atoms with van der Waals surface area (Å²) < 4.78 is 25.2. The number of rotatable bonds is 5. The van der Waals surface area contributed by atoms with E-state index < -0.39 is 10.0 Å². The third-order valence-corrected chi connectivity index (χ3v) is 3.34. The summed E-state index contributed by atoms with van der Waals surface area (Å²) in [7, 11) is -3.28. The molecule has 0 saturated heterocycles. The molecule has 3 N–H and O–H groups in total. The van der Waals surface area contributed by atoms with Gasteiger partial charge in [-0.15, -0.1) is 0 Å². The number of nitrogens with one attached hydrogen (secondary N) is 1. The molecule has 4 nitrogen and oxygen atoms in total. The minimum atomic E-state index is -3.28. The predicted molar refractivity (Wildman–Crippen MR) is 62.3 cm³/mol. The second-order valence-electron chi connectivity index (χ2n) is 3.26. The summed E-state index contributed by atoms with van der Waals surface area (Å²) >= 11 is 0. The Morgan fingerprint density at radius 2 is 1.87 bits per heavy atom. The second-order valence-corrected chi connectivity index (χ2v) is 5.10. The van der Waals surface area contributed by atoms with E-state index >= 15 is 0 Å². The highest BCUT2D eigenvalue weighted by Gasteiger charge is 2.08. The molecule has 0 bridgehead atoms. The van der Waals surface area contributed by atoms with E-state index in [1.165, 1.54) is 5.56 Å². The van der Waals surface area contributed by atoms with Gasteiger partial charge in [-0.2, -0.15) is 0 Å². The highest BCUT2D eigenvalue weighted by atomic mass is 32.2. The van der Waals surface area contributed by atoms with E-state index in [1.807, 2.05) is 19.1 Å². The van der Waals surface area contributed by atoms with E-state index in [4.69, 9.17) is 5.73 Å². The Kier molecular flexibility index (Phi) is 4.11. The Labute approximate surface area is 90.5 Å². The van der Waals surface area contributed by atoms with Crippen LogP contribution in [0.5, 0.6) is 0 Å². The number of hydrogen-bond acceptors (Lipinski definition) is 3. The molecule has 84 valence electrons. The Balaban J connectivity index is 2.73. The van der Waals surface area contributed by atoms with Gasteiger partial charge in [0.2, 0.25) is 10.0 Å². The SMILES string of the molecule is CCc1ccc(NS(=O)(=O)CCN)cc1. The summed E-state index contributed by atoms with van der Waals surface area (Å²) in [6.45, 7) is 2.18. The van der Waals surface area contributed by atoms with Gasteiger partial charge in [0.1, 0.15) is 0 Å². The van der Waals surface area contributed by atoms with Crippen molar-refractivity contribution in [2.24, 2.45) is 5.73 Å². The molecule has 15 heavy (non-hydrogen) atoms. The molecule has 0 fully saturated rings. The summed E-state index contributed by atoms with van der Waals surface area (Å²) in [6, 6.07) is 7.32. The van der Waals surface area contributed by atoms with Crippen LogP contribution in [0, 0.1) is 0 Å². The van der Waals surface area contributed by atoms with Crippen LogP contribution in [0.25, 0.3) is 0 Å². The molecule has 5 heteroatoms. The number of benzene rings is 1. The van der Waals surface area contributed by atoms with Gasteiger partial charge in [-0.3, -0.25) is 4.72 Å². The van der Waals surface area contributed by atoms with Gasteiger partial charge in [-0.05, 0) is 24.1 Å². The standard InChI is InChI=1S/C10H16N2O2S/c1-2-9-3-5-10(6-4-9)12-15(13,14)8-7-11/h3-6,12H,2,7-8,11H2,1H3. The first-order valence-corrected chi connectivity index (χ1v) is 6.52. The van der Waals surface area contributed by atoms with Gasteiger partial charge in [0, 0.05) is 12.2 Å². The number of aryl methyl sites for hydroxylation is 1. The van der Waals surface area contributed by atoms with Crippen LogP contribution >= 0.6 is 0 Å². The highest BCUT2D eigenvalue weighted by molar-refractivity contribution is 7.92. The van der Waals surface area contributed by atoms with Crippen LogP contribution in [-0.2, 0) is 16.4 Å². The summed E-state index contributed by atoms with van der Waals surface area (Å²) in [5, 5.41) is 0. The van der Waals surface area contributed by atoms with Crippen LogP contribution in [0.1, 0.15) is 12.5 Å². The van der Waals surface area contributed by atoms with E-state index in [0.717, 1.165) is 6.42 Å². The molecule has 0 amide bonds. The van der Waals surface area contributed by atoms with Crippen molar-refractivity contribution >= 4 is 15.7 Å². The largest absolute Gasteiger partial charge is 0.329 e. The zero-order chi connectivity index (χ0) is 11.3. The minimum Gasteiger partial charge on any atom is -0.329 e. The van der Waals surface area contributed by atoms with Crippen molar-refractivity contribution in [3.63, 3.8) is 0 Å². The smallest absolute Gasteiger partial charge is 0.233 e. The van der Waals surface area contributed by atoms with Gasteiger partial charge in [0.25, 0.3) is 0 Å². The monoisotopic (exact) mass is 228 g/mol. The normalized spacial score (nSPS) is 11.3. The molecule has 0 aliphatic carbocycles. The average Bonchev–Trinajstić information content (AvgIpc) is 2.18. The van der Waals surface area contributed by atoms with Crippen molar-refractivity contribution in [1.29, 1.82) is 0 Å². The fourth-order valence-electron chi connectivity index (χ4n) is 1.19. The molecule has 0 aliphatic heterocycles. The van der Waals surface area contributed by atoms with Gasteiger partial charge in [-0.1, -0.05) is 19.1 Å². The fraction of sp³-hybridized carbons (Fsp3) is 0.400. The zero-order valence-corrected chi connectivity index (χ0v) is 9.55. The molecule has 0 radical (unpaired) electrons. The molecule has 0 aliphatic rings. The Bertz CT molecular complexity index is 398. The van der Waals surface area contributed by atoms with Crippen LogP contribution in [0.2, 0.25) is 0 Å². The first kappa shape index (κ1) is 12.0. The van der Waals surface area contributed by atoms with Crippen LogP contribution in [0.4, 0.5) is 5.69 Å². The zero-order valence-electron chi connectivity index (χ0n) is 8.73. The Morgan fingerprint density at radius 3 is 2.33 bits per heavy atom. The molecule has 0 saturated carbocycles. The van der Waals surface area contributed by atoms with E-state index in [0.29, 0.717) is 5.69 Å². The van der Waals surface area contributed by atoms with Crippen molar-refractivity contribution in [2.45, 2.75) is 13.3 Å². The first-order valence-electron chi connectivity index (χ1n) is 4.87. The van der Waals surface area contributed by atoms with Crippen LogP contribution in [-0.4, -0.2) is 20.7 Å². The molecule has 0 atom stereocenters. The van der Waals surface area contributed by atoms with E-state index in [1.54, 1.807) is 12.1 Å². The Morgan fingerprint density at radius 1 is 1.27 bits per heavy atom. The van der Waals surface area contributed by atoms with E-state index in [2.05, 4.69) is 4.72 Å². The minimum absolute atomic E-state index is 0.0530. The van der Waals surface area contributed by atoms with Gasteiger partial charge >= 0.3 is 0 Å². The van der Waals surface area contributed by atoms with Crippen molar-refractivity contribution < 1.29 is 8.42 Å². The third kappa shape index (κ3) is 3.89. The number of anilines is 1. The first-order chi connectivity index (χ1) is 7.07. The fourth-order valence-corrected chi connectivity index (χ4v) is 2.10. The summed E-state index contributed by atoms with van der Waals surface area (Å²) in [4.78, 5) is 0. The number of hydrogen-bond donors (Lipinski definition) is 2. The van der Waals surface area contributed by atoms with Gasteiger partial charge in [0.15, 0.2) is 0 Å². The quantitative estimate of drug-likeness (QED) is 0.788. The average molecular weight is 228 g/mol. The maximum atomic E-state index is 11.4. The van der Waals surface area contributed by atoms with Crippen molar-refractivity contribution in [1.82, 2.24) is 0 Å². The van der Waals surface area contributed by atoms with Crippen LogP contribution < -0.4 is 10.5 Å².